The Morgan fingerprint density at radius 3 is 2.33 bits per heavy atom. The molecule has 0 bridgehead atoms. The number of carbonyl (C=O) groups excluding carboxylic acids is 1. The molecular formula is C16H26OS. The average molecular weight is 266 g/mol. The third-order valence-corrected chi connectivity index (χ3v) is 4.45. The molecule has 0 saturated heterocycles. The number of thiophene rings is 1. The van der Waals surface area contributed by atoms with Gasteiger partial charge in [-0.3, -0.25) is 4.79 Å². The van der Waals surface area contributed by atoms with E-state index < -0.39 is 0 Å². The van der Waals surface area contributed by atoms with Gasteiger partial charge in [-0.25, -0.2) is 0 Å². The second-order valence-electron chi connectivity index (χ2n) is 4.99. The first-order valence-corrected chi connectivity index (χ1v) is 8.25. The number of hydrogen-bond donors (Lipinski definition) is 0. The van der Waals surface area contributed by atoms with Gasteiger partial charge < -0.3 is 0 Å². The van der Waals surface area contributed by atoms with Crippen molar-refractivity contribution in [2.75, 3.05) is 0 Å². The Kier molecular flexibility index (Phi) is 7.99. The zero-order valence-electron chi connectivity index (χ0n) is 11.8. The molecule has 0 radical (unpaired) electrons. The van der Waals surface area contributed by atoms with Crippen LogP contribution in [0.1, 0.15) is 79.6 Å². The highest BCUT2D eigenvalue weighted by molar-refractivity contribution is 7.12. The summed E-state index contributed by atoms with van der Waals surface area (Å²) >= 11 is 1.63. The number of rotatable bonds is 10. The molecule has 102 valence electrons. The predicted molar refractivity (Wildman–Crippen MR) is 80.8 cm³/mol. The summed E-state index contributed by atoms with van der Waals surface area (Å²) in [5.74, 6) is 0. The predicted octanol–water partition coefficient (Wildman–Crippen LogP) is 5.42. The normalized spacial score (nSPS) is 10.8. The molecule has 0 aliphatic heterocycles. The van der Waals surface area contributed by atoms with Crippen molar-refractivity contribution in [1.82, 2.24) is 0 Å². The van der Waals surface area contributed by atoms with Crippen LogP contribution >= 0.6 is 11.3 Å². The monoisotopic (exact) mass is 266 g/mol. The van der Waals surface area contributed by atoms with Gasteiger partial charge in [0, 0.05) is 0 Å². The number of aldehydes is 1. The lowest BCUT2D eigenvalue weighted by molar-refractivity contribution is 0.112. The molecule has 0 atom stereocenters. The minimum atomic E-state index is 0.969. The van der Waals surface area contributed by atoms with Crippen molar-refractivity contribution in [1.29, 1.82) is 0 Å². The highest BCUT2D eigenvalue weighted by Crippen LogP contribution is 2.25. The summed E-state index contributed by atoms with van der Waals surface area (Å²) in [5, 5.41) is 2.21. The summed E-state index contributed by atoms with van der Waals surface area (Å²) in [7, 11) is 0. The molecular weight excluding hydrogens is 240 g/mol. The molecule has 0 saturated carbocycles. The molecule has 0 unspecified atom stereocenters. The Morgan fingerprint density at radius 1 is 1.00 bits per heavy atom. The van der Waals surface area contributed by atoms with Crippen LogP contribution in [0.5, 0.6) is 0 Å². The number of aryl methyl sites for hydroxylation is 1. The van der Waals surface area contributed by atoms with Crippen LogP contribution in [0.25, 0.3) is 0 Å². The molecule has 0 fully saturated rings. The fourth-order valence-corrected chi connectivity index (χ4v) is 3.28. The second-order valence-corrected chi connectivity index (χ2v) is 5.90. The Labute approximate surface area is 116 Å². The average Bonchev–Trinajstić information content (AvgIpc) is 2.77. The molecule has 2 heteroatoms. The van der Waals surface area contributed by atoms with Crippen molar-refractivity contribution in [2.24, 2.45) is 0 Å². The molecule has 0 aromatic carbocycles. The van der Waals surface area contributed by atoms with E-state index in [0.717, 1.165) is 24.0 Å². The molecule has 1 aromatic heterocycles. The summed E-state index contributed by atoms with van der Waals surface area (Å²) in [6.07, 6.45) is 12.2. The highest BCUT2D eigenvalue weighted by Gasteiger charge is 2.10. The van der Waals surface area contributed by atoms with Crippen LogP contribution in [-0.4, -0.2) is 6.29 Å². The zero-order chi connectivity index (χ0) is 13.2. The van der Waals surface area contributed by atoms with E-state index in [4.69, 9.17) is 0 Å². The van der Waals surface area contributed by atoms with Crippen molar-refractivity contribution in [2.45, 2.75) is 71.6 Å². The van der Waals surface area contributed by atoms with Crippen LogP contribution in [0.3, 0.4) is 0 Å². The van der Waals surface area contributed by atoms with E-state index in [1.807, 2.05) is 0 Å². The van der Waals surface area contributed by atoms with E-state index in [0.29, 0.717) is 0 Å². The molecule has 1 rings (SSSR count). The lowest BCUT2D eigenvalue weighted by Gasteiger charge is -2.05. The highest BCUT2D eigenvalue weighted by atomic mass is 32.1. The van der Waals surface area contributed by atoms with Gasteiger partial charge in [-0.2, -0.15) is 0 Å². The third-order valence-electron chi connectivity index (χ3n) is 3.45. The standard InChI is InChI=1S/C16H26OS/c1-3-5-7-9-10-14-13-18-16(12-17)15(14)11-8-6-4-2/h12-13H,3-11H2,1-2H3. The van der Waals surface area contributed by atoms with Gasteiger partial charge in [0.2, 0.25) is 0 Å². The molecule has 18 heavy (non-hydrogen) atoms. The molecule has 1 heterocycles. The fraction of sp³-hybridized carbons (Fsp3) is 0.688. The molecule has 0 amide bonds. The Bertz CT molecular complexity index is 341. The van der Waals surface area contributed by atoms with Crippen molar-refractivity contribution < 1.29 is 4.79 Å². The van der Waals surface area contributed by atoms with Crippen LogP contribution in [0.4, 0.5) is 0 Å². The summed E-state index contributed by atoms with van der Waals surface area (Å²) in [4.78, 5) is 12.0. The second kappa shape index (κ2) is 9.32. The third kappa shape index (κ3) is 4.93. The van der Waals surface area contributed by atoms with Gasteiger partial charge in [-0.15, -0.1) is 11.3 Å². The van der Waals surface area contributed by atoms with E-state index in [1.54, 1.807) is 11.3 Å². The summed E-state index contributed by atoms with van der Waals surface area (Å²) in [6, 6.07) is 0. The molecule has 0 N–H and O–H groups in total. The number of hydrogen-bond acceptors (Lipinski definition) is 2. The molecule has 0 aliphatic carbocycles. The summed E-state index contributed by atoms with van der Waals surface area (Å²) < 4.78 is 0. The van der Waals surface area contributed by atoms with Gasteiger partial charge in [-0.1, -0.05) is 46.0 Å². The van der Waals surface area contributed by atoms with E-state index in [1.165, 1.54) is 56.1 Å². The Hall–Kier alpha value is -0.630. The zero-order valence-corrected chi connectivity index (χ0v) is 12.7. The van der Waals surface area contributed by atoms with Crippen LogP contribution in [0.2, 0.25) is 0 Å². The minimum Gasteiger partial charge on any atom is -0.297 e. The summed E-state index contributed by atoms with van der Waals surface area (Å²) in [6.45, 7) is 4.46. The van der Waals surface area contributed by atoms with E-state index in [-0.39, 0.29) is 0 Å². The minimum absolute atomic E-state index is 0.969. The maximum absolute atomic E-state index is 11.1. The fourth-order valence-electron chi connectivity index (χ4n) is 2.32. The lowest BCUT2D eigenvalue weighted by Crippen LogP contribution is -1.95. The Balaban J connectivity index is 2.54. The Morgan fingerprint density at radius 2 is 1.67 bits per heavy atom. The lowest BCUT2D eigenvalue weighted by atomic mass is 9.99. The van der Waals surface area contributed by atoms with Gasteiger partial charge in [0.25, 0.3) is 0 Å². The van der Waals surface area contributed by atoms with Gasteiger partial charge in [0.1, 0.15) is 0 Å². The molecule has 0 spiro atoms. The number of unbranched alkanes of at least 4 members (excludes halogenated alkanes) is 5. The van der Waals surface area contributed by atoms with Gasteiger partial charge in [-0.05, 0) is 42.2 Å². The molecule has 1 aromatic rings. The quantitative estimate of drug-likeness (QED) is 0.408. The number of carbonyl (C=O) groups is 1. The molecule has 1 nitrogen and oxygen atoms in total. The first-order chi connectivity index (χ1) is 8.83. The van der Waals surface area contributed by atoms with Crippen LogP contribution < -0.4 is 0 Å². The van der Waals surface area contributed by atoms with Crippen molar-refractivity contribution >= 4 is 17.6 Å². The first-order valence-electron chi connectivity index (χ1n) is 7.37. The van der Waals surface area contributed by atoms with Crippen molar-refractivity contribution in [3.05, 3.63) is 21.4 Å². The van der Waals surface area contributed by atoms with Gasteiger partial charge in [0.15, 0.2) is 6.29 Å². The van der Waals surface area contributed by atoms with E-state index in [2.05, 4.69) is 19.2 Å². The van der Waals surface area contributed by atoms with E-state index in [9.17, 15) is 4.79 Å². The van der Waals surface area contributed by atoms with Crippen LogP contribution in [0, 0.1) is 0 Å². The first kappa shape index (κ1) is 15.4. The van der Waals surface area contributed by atoms with E-state index >= 15 is 0 Å². The topological polar surface area (TPSA) is 17.1 Å². The van der Waals surface area contributed by atoms with Crippen LogP contribution in [-0.2, 0) is 12.8 Å². The van der Waals surface area contributed by atoms with Crippen molar-refractivity contribution in [3.8, 4) is 0 Å². The van der Waals surface area contributed by atoms with Gasteiger partial charge in [0.05, 0.1) is 4.88 Å². The maximum Gasteiger partial charge on any atom is 0.160 e. The van der Waals surface area contributed by atoms with Crippen molar-refractivity contribution in [3.63, 3.8) is 0 Å². The van der Waals surface area contributed by atoms with Gasteiger partial charge >= 0.3 is 0 Å². The SMILES string of the molecule is CCCCCCc1csc(C=O)c1CCCCC. The smallest absolute Gasteiger partial charge is 0.160 e. The maximum atomic E-state index is 11.1. The largest absolute Gasteiger partial charge is 0.297 e. The summed E-state index contributed by atoms with van der Waals surface area (Å²) in [5.41, 5.74) is 2.79. The van der Waals surface area contributed by atoms with Crippen LogP contribution in [0.15, 0.2) is 5.38 Å². The molecule has 0 aliphatic rings.